The highest BCUT2D eigenvalue weighted by atomic mass is 16.5. The Kier molecular flexibility index (Phi) is 3.68. The fraction of sp³-hybridized carbons (Fsp3) is 0.250. The number of rotatable bonds is 4. The van der Waals surface area contributed by atoms with Crippen molar-refractivity contribution >= 4 is 0 Å². The second-order valence-electron chi connectivity index (χ2n) is 4.81. The average molecular weight is 241 g/mol. The molecule has 0 heterocycles. The molecule has 0 radical (unpaired) electrons. The SMILES string of the molecule is COc1cccc(C(C)(N)Cc2ccccc2)c1. The normalized spacial score (nSPS) is 13.9. The van der Waals surface area contributed by atoms with Crippen molar-refractivity contribution in [1.29, 1.82) is 0 Å². The second kappa shape index (κ2) is 5.23. The molecule has 18 heavy (non-hydrogen) atoms. The van der Waals surface area contributed by atoms with E-state index in [1.165, 1.54) is 5.56 Å². The molecule has 0 aliphatic carbocycles. The van der Waals surface area contributed by atoms with E-state index in [0.717, 1.165) is 17.7 Å². The third-order valence-electron chi connectivity index (χ3n) is 3.14. The zero-order valence-electron chi connectivity index (χ0n) is 10.9. The van der Waals surface area contributed by atoms with Gasteiger partial charge in [0.25, 0.3) is 0 Å². The van der Waals surface area contributed by atoms with Crippen LogP contribution in [-0.2, 0) is 12.0 Å². The quantitative estimate of drug-likeness (QED) is 0.892. The Morgan fingerprint density at radius 3 is 2.44 bits per heavy atom. The van der Waals surface area contributed by atoms with Crippen LogP contribution in [0.4, 0.5) is 0 Å². The van der Waals surface area contributed by atoms with Crippen LogP contribution in [0.25, 0.3) is 0 Å². The van der Waals surface area contributed by atoms with Gasteiger partial charge in [-0.3, -0.25) is 0 Å². The summed E-state index contributed by atoms with van der Waals surface area (Å²) in [7, 11) is 1.67. The molecular formula is C16H19NO. The lowest BCUT2D eigenvalue weighted by Gasteiger charge is -2.26. The van der Waals surface area contributed by atoms with Crippen LogP contribution in [0.1, 0.15) is 18.1 Å². The topological polar surface area (TPSA) is 35.2 Å². The summed E-state index contributed by atoms with van der Waals surface area (Å²) in [4.78, 5) is 0. The van der Waals surface area contributed by atoms with E-state index in [1.54, 1.807) is 7.11 Å². The molecule has 1 atom stereocenters. The van der Waals surface area contributed by atoms with Gasteiger partial charge in [-0.15, -0.1) is 0 Å². The fourth-order valence-electron chi connectivity index (χ4n) is 2.10. The smallest absolute Gasteiger partial charge is 0.119 e. The fourth-order valence-corrected chi connectivity index (χ4v) is 2.10. The average Bonchev–Trinajstić information content (AvgIpc) is 2.39. The molecule has 1 unspecified atom stereocenters. The maximum Gasteiger partial charge on any atom is 0.119 e. The first kappa shape index (κ1) is 12.7. The van der Waals surface area contributed by atoms with Crippen molar-refractivity contribution in [2.45, 2.75) is 18.9 Å². The molecule has 0 fully saturated rings. The Balaban J connectivity index is 2.24. The minimum absolute atomic E-state index is 0.393. The number of hydrogen-bond acceptors (Lipinski definition) is 2. The van der Waals surface area contributed by atoms with Crippen molar-refractivity contribution in [1.82, 2.24) is 0 Å². The Morgan fingerprint density at radius 1 is 1.06 bits per heavy atom. The molecule has 2 aromatic rings. The molecule has 2 aromatic carbocycles. The molecule has 0 saturated carbocycles. The highest BCUT2D eigenvalue weighted by Gasteiger charge is 2.21. The van der Waals surface area contributed by atoms with Gasteiger partial charge in [-0.25, -0.2) is 0 Å². The Labute approximate surface area is 108 Å². The maximum absolute atomic E-state index is 6.44. The lowest BCUT2D eigenvalue weighted by Crippen LogP contribution is -2.35. The van der Waals surface area contributed by atoms with E-state index in [0.29, 0.717) is 0 Å². The van der Waals surface area contributed by atoms with Crippen LogP contribution >= 0.6 is 0 Å². The van der Waals surface area contributed by atoms with Crippen molar-refractivity contribution in [3.05, 3.63) is 65.7 Å². The highest BCUT2D eigenvalue weighted by molar-refractivity contribution is 5.34. The van der Waals surface area contributed by atoms with Gasteiger partial charge < -0.3 is 10.5 Å². The standard InChI is InChI=1S/C16H19NO/c1-16(17,12-13-7-4-3-5-8-13)14-9-6-10-15(11-14)18-2/h3-11H,12,17H2,1-2H3. The zero-order chi connectivity index (χ0) is 13.0. The first-order chi connectivity index (χ1) is 8.62. The summed E-state index contributed by atoms with van der Waals surface area (Å²) < 4.78 is 5.24. The van der Waals surface area contributed by atoms with Crippen molar-refractivity contribution < 1.29 is 4.74 Å². The number of ether oxygens (including phenoxy) is 1. The van der Waals surface area contributed by atoms with E-state index < -0.39 is 5.54 Å². The van der Waals surface area contributed by atoms with Crippen LogP contribution in [0.15, 0.2) is 54.6 Å². The number of methoxy groups -OCH3 is 1. The van der Waals surface area contributed by atoms with Gasteiger partial charge in [0.2, 0.25) is 0 Å². The summed E-state index contributed by atoms with van der Waals surface area (Å²) in [5, 5.41) is 0. The van der Waals surface area contributed by atoms with E-state index in [2.05, 4.69) is 19.1 Å². The summed E-state index contributed by atoms with van der Waals surface area (Å²) in [6.45, 7) is 2.05. The summed E-state index contributed by atoms with van der Waals surface area (Å²) in [6.07, 6.45) is 0.807. The summed E-state index contributed by atoms with van der Waals surface area (Å²) in [5.41, 5.74) is 8.37. The summed E-state index contributed by atoms with van der Waals surface area (Å²) >= 11 is 0. The molecule has 0 spiro atoms. The van der Waals surface area contributed by atoms with Crippen LogP contribution in [-0.4, -0.2) is 7.11 Å². The second-order valence-corrected chi connectivity index (χ2v) is 4.81. The first-order valence-electron chi connectivity index (χ1n) is 6.09. The van der Waals surface area contributed by atoms with Crippen molar-refractivity contribution in [2.24, 2.45) is 5.73 Å². The van der Waals surface area contributed by atoms with Crippen molar-refractivity contribution in [3.63, 3.8) is 0 Å². The summed E-state index contributed by atoms with van der Waals surface area (Å²) in [6, 6.07) is 18.3. The summed E-state index contributed by atoms with van der Waals surface area (Å²) in [5.74, 6) is 0.845. The molecule has 94 valence electrons. The first-order valence-corrected chi connectivity index (χ1v) is 6.09. The minimum Gasteiger partial charge on any atom is -0.497 e. The van der Waals surface area contributed by atoms with E-state index >= 15 is 0 Å². The Morgan fingerprint density at radius 2 is 1.78 bits per heavy atom. The van der Waals surface area contributed by atoms with E-state index in [9.17, 15) is 0 Å². The van der Waals surface area contributed by atoms with Crippen LogP contribution in [0.3, 0.4) is 0 Å². The molecular weight excluding hydrogens is 222 g/mol. The van der Waals surface area contributed by atoms with Gasteiger partial charge in [0.15, 0.2) is 0 Å². The number of hydrogen-bond donors (Lipinski definition) is 1. The predicted molar refractivity (Wildman–Crippen MR) is 74.7 cm³/mol. The van der Waals surface area contributed by atoms with Gasteiger partial charge in [-0.05, 0) is 36.6 Å². The molecule has 0 amide bonds. The lowest BCUT2D eigenvalue weighted by molar-refractivity contribution is 0.410. The molecule has 0 saturated heterocycles. The van der Waals surface area contributed by atoms with E-state index in [4.69, 9.17) is 10.5 Å². The third-order valence-corrected chi connectivity index (χ3v) is 3.14. The van der Waals surface area contributed by atoms with Crippen LogP contribution in [0.5, 0.6) is 5.75 Å². The van der Waals surface area contributed by atoms with Gasteiger partial charge in [-0.1, -0.05) is 42.5 Å². The Bertz CT molecular complexity index is 506. The lowest BCUT2D eigenvalue weighted by atomic mass is 9.86. The molecule has 2 N–H and O–H groups in total. The van der Waals surface area contributed by atoms with Crippen molar-refractivity contribution in [3.8, 4) is 5.75 Å². The number of nitrogens with two attached hydrogens (primary N) is 1. The zero-order valence-corrected chi connectivity index (χ0v) is 10.9. The highest BCUT2D eigenvalue weighted by Crippen LogP contribution is 2.25. The van der Waals surface area contributed by atoms with E-state index in [-0.39, 0.29) is 0 Å². The molecule has 2 nitrogen and oxygen atoms in total. The largest absolute Gasteiger partial charge is 0.497 e. The third kappa shape index (κ3) is 2.90. The molecule has 0 aromatic heterocycles. The van der Waals surface area contributed by atoms with Crippen molar-refractivity contribution in [2.75, 3.05) is 7.11 Å². The van der Waals surface area contributed by atoms with Crippen LogP contribution < -0.4 is 10.5 Å². The van der Waals surface area contributed by atoms with Crippen LogP contribution in [0.2, 0.25) is 0 Å². The molecule has 0 aliphatic heterocycles. The molecule has 2 rings (SSSR count). The van der Waals surface area contributed by atoms with Gasteiger partial charge in [0.05, 0.1) is 7.11 Å². The Hall–Kier alpha value is -1.80. The molecule has 0 aliphatic rings. The predicted octanol–water partition coefficient (Wildman–Crippen LogP) is 3.11. The van der Waals surface area contributed by atoms with E-state index in [1.807, 2.05) is 42.5 Å². The van der Waals surface area contributed by atoms with Crippen LogP contribution in [0, 0.1) is 0 Å². The minimum atomic E-state index is -0.393. The van der Waals surface area contributed by atoms with Gasteiger partial charge in [-0.2, -0.15) is 0 Å². The molecule has 2 heteroatoms. The monoisotopic (exact) mass is 241 g/mol. The maximum atomic E-state index is 6.44. The van der Waals surface area contributed by atoms with Gasteiger partial charge in [0, 0.05) is 5.54 Å². The molecule has 0 bridgehead atoms. The van der Waals surface area contributed by atoms with Gasteiger partial charge >= 0.3 is 0 Å². The van der Waals surface area contributed by atoms with Gasteiger partial charge in [0.1, 0.15) is 5.75 Å². The number of benzene rings is 2.